The van der Waals surface area contributed by atoms with Crippen molar-refractivity contribution >= 4 is 28.3 Å². The summed E-state index contributed by atoms with van der Waals surface area (Å²) in [5.41, 5.74) is 6.26. The van der Waals surface area contributed by atoms with Crippen LogP contribution in [0.5, 0.6) is 0 Å². The van der Waals surface area contributed by atoms with E-state index in [4.69, 9.17) is 10.2 Å². The Labute approximate surface area is 143 Å². The summed E-state index contributed by atoms with van der Waals surface area (Å²) in [4.78, 5) is 14.5. The van der Waals surface area contributed by atoms with Crippen molar-refractivity contribution < 1.29 is 17.6 Å². The van der Waals surface area contributed by atoms with Crippen molar-refractivity contribution in [3.8, 4) is 0 Å². The Morgan fingerprint density at radius 3 is 2.70 bits per heavy atom. The highest BCUT2D eigenvalue weighted by Gasteiger charge is 2.32. The molecule has 0 aromatic carbocycles. The third-order valence-electron chi connectivity index (χ3n) is 4.08. The molecule has 1 aromatic heterocycles. The molecule has 2 unspecified atom stereocenters. The SMILES string of the molecule is CNS(=O)(=O)c1cc(C(=O)N2CCCCC2C(C)N)c(C)o1.Cl. The Bertz CT molecular complexity index is 657. The minimum Gasteiger partial charge on any atom is -0.448 e. The van der Waals surface area contributed by atoms with Crippen LogP contribution in [0, 0.1) is 6.92 Å². The number of hydrogen-bond acceptors (Lipinski definition) is 5. The van der Waals surface area contributed by atoms with Gasteiger partial charge in [0.2, 0.25) is 5.09 Å². The van der Waals surface area contributed by atoms with Gasteiger partial charge >= 0.3 is 0 Å². The van der Waals surface area contributed by atoms with Crippen LogP contribution in [0.4, 0.5) is 0 Å². The Balaban J connectivity index is 0.00000264. The predicted octanol–water partition coefficient (Wildman–Crippen LogP) is 1.26. The largest absolute Gasteiger partial charge is 0.448 e. The van der Waals surface area contributed by atoms with Gasteiger partial charge in [-0.1, -0.05) is 0 Å². The zero-order valence-electron chi connectivity index (χ0n) is 13.5. The van der Waals surface area contributed by atoms with E-state index in [0.717, 1.165) is 19.3 Å². The zero-order valence-corrected chi connectivity index (χ0v) is 15.2. The summed E-state index contributed by atoms with van der Waals surface area (Å²) in [5, 5.41) is -0.245. The number of aryl methyl sites for hydroxylation is 1. The number of nitrogens with one attached hydrogen (secondary N) is 1. The van der Waals surface area contributed by atoms with E-state index in [0.29, 0.717) is 12.3 Å². The summed E-state index contributed by atoms with van der Waals surface area (Å²) in [6.45, 7) is 4.10. The molecule has 0 saturated carbocycles. The molecule has 0 bridgehead atoms. The van der Waals surface area contributed by atoms with Crippen LogP contribution in [0.3, 0.4) is 0 Å². The maximum absolute atomic E-state index is 12.8. The van der Waals surface area contributed by atoms with Crippen LogP contribution in [0.25, 0.3) is 0 Å². The first-order chi connectivity index (χ1) is 10.3. The normalized spacial score (nSPS) is 20.0. The summed E-state index contributed by atoms with van der Waals surface area (Å²) in [7, 11) is -2.41. The van der Waals surface area contributed by atoms with Crippen molar-refractivity contribution in [3.63, 3.8) is 0 Å². The number of amides is 1. The minimum absolute atomic E-state index is 0. The lowest BCUT2D eigenvalue weighted by atomic mass is 9.96. The van der Waals surface area contributed by atoms with Crippen molar-refractivity contribution in [2.75, 3.05) is 13.6 Å². The fourth-order valence-corrected chi connectivity index (χ4v) is 3.52. The third kappa shape index (κ3) is 4.06. The van der Waals surface area contributed by atoms with Gasteiger partial charge in [0.1, 0.15) is 5.76 Å². The lowest BCUT2D eigenvalue weighted by Crippen LogP contribution is -2.51. The molecule has 1 saturated heterocycles. The van der Waals surface area contributed by atoms with Gasteiger partial charge in [0.15, 0.2) is 0 Å². The topological polar surface area (TPSA) is 106 Å². The van der Waals surface area contributed by atoms with Crippen molar-refractivity contribution in [2.24, 2.45) is 5.73 Å². The van der Waals surface area contributed by atoms with E-state index in [1.54, 1.807) is 11.8 Å². The summed E-state index contributed by atoms with van der Waals surface area (Å²) in [6.07, 6.45) is 2.83. The van der Waals surface area contributed by atoms with Crippen LogP contribution >= 0.6 is 12.4 Å². The maximum atomic E-state index is 12.8. The van der Waals surface area contributed by atoms with Crippen LogP contribution in [0.15, 0.2) is 15.6 Å². The van der Waals surface area contributed by atoms with Gasteiger partial charge in [-0.25, -0.2) is 13.1 Å². The molecule has 9 heteroatoms. The number of piperidine rings is 1. The van der Waals surface area contributed by atoms with Crippen molar-refractivity contribution in [1.29, 1.82) is 0 Å². The first-order valence-electron chi connectivity index (χ1n) is 7.38. The van der Waals surface area contributed by atoms with Crippen LogP contribution in [-0.2, 0) is 10.0 Å². The summed E-state index contributed by atoms with van der Waals surface area (Å²) in [6, 6.07) is 1.13. The molecular weight excluding hydrogens is 342 g/mol. The predicted molar refractivity (Wildman–Crippen MR) is 89.3 cm³/mol. The van der Waals surface area contributed by atoms with Crippen LogP contribution in [-0.4, -0.2) is 44.9 Å². The molecule has 2 atom stereocenters. The Hall–Kier alpha value is -1.09. The van der Waals surface area contributed by atoms with Gasteiger partial charge in [0, 0.05) is 24.7 Å². The third-order valence-corrected chi connectivity index (χ3v) is 5.34. The highest BCUT2D eigenvalue weighted by atomic mass is 35.5. The van der Waals surface area contributed by atoms with Gasteiger partial charge in [-0.2, -0.15) is 0 Å². The highest BCUT2D eigenvalue weighted by Crippen LogP contribution is 2.25. The highest BCUT2D eigenvalue weighted by molar-refractivity contribution is 7.89. The zero-order chi connectivity index (χ0) is 16.5. The molecule has 2 rings (SSSR count). The van der Waals surface area contributed by atoms with Crippen molar-refractivity contribution in [3.05, 3.63) is 17.4 Å². The van der Waals surface area contributed by atoms with Gasteiger partial charge in [-0.05, 0) is 40.2 Å². The molecule has 7 nitrogen and oxygen atoms in total. The number of likely N-dealkylation sites (tertiary alicyclic amines) is 1. The second kappa shape index (κ2) is 7.65. The minimum atomic E-state index is -3.71. The molecule has 1 amide bonds. The van der Waals surface area contributed by atoms with Crippen LogP contribution in [0.1, 0.15) is 42.3 Å². The van der Waals surface area contributed by atoms with Gasteiger partial charge < -0.3 is 15.1 Å². The smallest absolute Gasteiger partial charge is 0.273 e. The molecule has 1 fully saturated rings. The average molecular weight is 366 g/mol. The number of hydrogen-bond donors (Lipinski definition) is 2. The standard InChI is InChI=1S/C14H23N3O4S.ClH/c1-9(15)12-6-4-5-7-17(12)14(18)11-8-13(21-10(11)2)22(19,20)16-3;/h8-9,12,16H,4-7,15H2,1-3H3;1H. The number of carbonyl (C=O) groups excluding carboxylic acids is 1. The number of carbonyl (C=O) groups is 1. The number of nitrogens with two attached hydrogens (primary N) is 1. The fraction of sp³-hybridized carbons (Fsp3) is 0.643. The first kappa shape index (κ1) is 20.0. The van der Waals surface area contributed by atoms with E-state index in [1.165, 1.54) is 13.1 Å². The number of nitrogens with zero attached hydrogens (tertiary/aromatic N) is 1. The van der Waals surface area contributed by atoms with Crippen molar-refractivity contribution in [1.82, 2.24) is 9.62 Å². The number of sulfonamides is 1. The lowest BCUT2D eigenvalue weighted by Gasteiger charge is -2.38. The Kier molecular flexibility index (Phi) is 6.64. The molecule has 0 radical (unpaired) electrons. The first-order valence-corrected chi connectivity index (χ1v) is 8.86. The second-order valence-electron chi connectivity index (χ2n) is 5.66. The van der Waals surface area contributed by atoms with Gasteiger partial charge in [0.05, 0.1) is 5.56 Å². The molecule has 1 aliphatic heterocycles. The average Bonchev–Trinajstić information content (AvgIpc) is 2.89. The molecule has 3 N–H and O–H groups in total. The van der Waals surface area contributed by atoms with E-state index in [2.05, 4.69) is 4.72 Å². The van der Waals surface area contributed by atoms with Gasteiger partial charge in [-0.3, -0.25) is 4.79 Å². The maximum Gasteiger partial charge on any atom is 0.273 e. The van der Waals surface area contributed by atoms with Gasteiger partial charge in [0.25, 0.3) is 15.9 Å². The molecule has 132 valence electrons. The molecule has 2 heterocycles. The van der Waals surface area contributed by atoms with Crippen LogP contribution < -0.4 is 10.5 Å². The van der Waals surface area contributed by atoms with Gasteiger partial charge in [-0.15, -0.1) is 12.4 Å². The molecule has 0 aliphatic carbocycles. The number of furan rings is 1. The quantitative estimate of drug-likeness (QED) is 0.835. The van der Waals surface area contributed by atoms with E-state index >= 15 is 0 Å². The van der Waals surface area contributed by atoms with Crippen LogP contribution in [0.2, 0.25) is 0 Å². The molecule has 1 aliphatic rings. The van der Waals surface area contributed by atoms with E-state index in [9.17, 15) is 13.2 Å². The van der Waals surface area contributed by atoms with E-state index in [-0.39, 0.29) is 41.1 Å². The molecule has 0 spiro atoms. The van der Waals surface area contributed by atoms with E-state index in [1.807, 2.05) is 6.92 Å². The fourth-order valence-electron chi connectivity index (χ4n) is 2.81. The number of halogens is 1. The Morgan fingerprint density at radius 1 is 1.48 bits per heavy atom. The second-order valence-corrected chi connectivity index (χ2v) is 7.48. The monoisotopic (exact) mass is 365 g/mol. The molecule has 1 aromatic rings. The number of rotatable bonds is 4. The summed E-state index contributed by atoms with van der Waals surface area (Å²) in [5.74, 6) is 0.0774. The molecular formula is C14H24ClN3O4S. The molecule has 23 heavy (non-hydrogen) atoms. The summed E-state index contributed by atoms with van der Waals surface area (Å²) >= 11 is 0. The summed E-state index contributed by atoms with van der Waals surface area (Å²) < 4.78 is 31.0. The Morgan fingerprint density at radius 2 is 2.13 bits per heavy atom. The van der Waals surface area contributed by atoms with E-state index < -0.39 is 10.0 Å². The lowest BCUT2D eigenvalue weighted by molar-refractivity contribution is 0.0582. The van der Waals surface area contributed by atoms with Crippen molar-refractivity contribution in [2.45, 2.75) is 50.3 Å².